The van der Waals surface area contributed by atoms with E-state index in [9.17, 15) is 13.5 Å². The maximum absolute atomic E-state index is 12.2. The van der Waals surface area contributed by atoms with Crippen LogP contribution in [-0.2, 0) is 10.2 Å². The van der Waals surface area contributed by atoms with Gasteiger partial charge in [0, 0.05) is 19.6 Å². The molecule has 2 N–H and O–H groups in total. The molecule has 2 fully saturated rings. The Morgan fingerprint density at radius 2 is 1.95 bits per heavy atom. The Bertz CT molecular complexity index is 379. The monoisotopic (exact) mass is 290 g/mol. The zero-order chi connectivity index (χ0) is 13.9. The van der Waals surface area contributed by atoms with Crippen LogP contribution in [-0.4, -0.2) is 43.6 Å². The lowest BCUT2D eigenvalue weighted by molar-refractivity contribution is 0.114. The second kappa shape index (κ2) is 6.52. The van der Waals surface area contributed by atoms with Crippen LogP contribution in [0, 0.1) is 11.8 Å². The number of nitrogens with zero attached hydrogens (tertiary/aromatic N) is 1. The van der Waals surface area contributed by atoms with Crippen LogP contribution in [0.2, 0.25) is 0 Å². The van der Waals surface area contributed by atoms with Crippen molar-refractivity contribution in [2.24, 2.45) is 11.8 Å². The number of piperidine rings is 1. The van der Waals surface area contributed by atoms with Gasteiger partial charge in [-0.2, -0.15) is 17.4 Å². The van der Waals surface area contributed by atoms with Gasteiger partial charge in [-0.3, -0.25) is 0 Å². The Balaban J connectivity index is 1.83. The van der Waals surface area contributed by atoms with Gasteiger partial charge in [-0.15, -0.1) is 0 Å². The average molecular weight is 290 g/mol. The van der Waals surface area contributed by atoms with Crippen molar-refractivity contribution in [3.8, 4) is 0 Å². The molecule has 0 spiro atoms. The first-order valence-electron chi connectivity index (χ1n) is 7.42. The van der Waals surface area contributed by atoms with E-state index in [0.29, 0.717) is 19.0 Å². The van der Waals surface area contributed by atoms with Crippen molar-refractivity contribution in [1.29, 1.82) is 0 Å². The maximum Gasteiger partial charge on any atom is 0.279 e. The van der Waals surface area contributed by atoms with Gasteiger partial charge in [0.15, 0.2) is 0 Å². The predicted molar refractivity (Wildman–Crippen MR) is 74.9 cm³/mol. The molecule has 5 nitrogen and oxygen atoms in total. The lowest BCUT2D eigenvalue weighted by Gasteiger charge is -2.30. The summed E-state index contributed by atoms with van der Waals surface area (Å²) in [5, 5.41) is 10.0. The fourth-order valence-electron chi connectivity index (χ4n) is 3.16. The van der Waals surface area contributed by atoms with Gasteiger partial charge >= 0.3 is 0 Å². The molecule has 0 bridgehead atoms. The largest absolute Gasteiger partial charge is 0.391 e. The quantitative estimate of drug-likeness (QED) is 0.797. The maximum atomic E-state index is 12.2. The second-order valence-corrected chi connectivity index (χ2v) is 7.83. The predicted octanol–water partition coefficient (Wildman–Crippen LogP) is 1.10. The molecule has 0 aromatic heterocycles. The highest BCUT2D eigenvalue weighted by Crippen LogP contribution is 2.27. The third kappa shape index (κ3) is 4.15. The molecule has 2 aliphatic rings. The highest BCUT2D eigenvalue weighted by molar-refractivity contribution is 7.87. The standard InChI is InChI=1S/C13H26N2O3S/c1-11-5-4-8-15(10-11)19(17,18)14-9-13(16)12-6-2-3-7-12/h11-14,16H,2-10H2,1H3. The minimum absolute atomic E-state index is 0.151. The van der Waals surface area contributed by atoms with E-state index in [0.717, 1.165) is 38.5 Å². The van der Waals surface area contributed by atoms with Crippen LogP contribution in [0.1, 0.15) is 45.4 Å². The normalized spacial score (nSPS) is 28.6. The summed E-state index contributed by atoms with van der Waals surface area (Å²) in [4.78, 5) is 0. The van der Waals surface area contributed by atoms with E-state index in [1.54, 1.807) is 0 Å². The van der Waals surface area contributed by atoms with Crippen molar-refractivity contribution in [1.82, 2.24) is 9.03 Å². The number of nitrogens with one attached hydrogen (secondary N) is 1. The van der Waals surface area contributed by atoms with Gasteiger partial charge in [0.1, 0.15) is 0 Å². The van der Waals surface area contributed by atoms with Gasteiger partial charge in [-0.1, -0.05) is 19.8 Å². The topological polar surface area (TPSA) is 69.6 Å². The average Bonchev–Trinajstić information content (AvgIpc) is 2.90. The molecular formula is C13H26N2O3S. The van der Waals surface area contributed by atoms with E-state index in [1.165, 1.54) is 4.31 Å². The lowest BCUT2D eigenvalue weighted by Crippen LogP contribution is -2.47. The Labute approximate surface area is 116 Å². The minimum atomic E-state index is -3.42. The van der Waals surface area contributed by atoms with Crippen molar-refractivity contribution >= 4 is 10.2 Å². The van der Waals surface area contributed by atoms with Crippen molar-refractivity contribution in [3.05, 3.63) is 0 Å². The number of hydrogen-bond donors (Lipinski definition) is 2. The summed E-state index contributed by atoms with van der Waals surface area (Å²) >= 11 is 0. The molecule has 0 radical (unpaired) electrons. The molecule has 0 aromatic rings. The zero-order valence-electron chi connectivity index (χ0n) is 11.7. The summed E-state index contributed by atoms with van der Waals surface area (Å²) in [7, 11) is -3.42. The third-order valence-corrected chi connectivity index (χ3v) is 5.92. The molecular weight excluding hydrogens is 264 g/mol. The number of rotatable bonds is 5. The summed E-state index contributed by atoms with van der Waals surface area (Å²) in [6, 6.07) is 0. The first kappa shape index (κ1) is 15.2. The first-order chi connectivity index (χ1) is 8.99. The van der Waals surface area contributed by atoms with Crippen LogP contribution in [0.5, 0.6) is 0 Å². The number of aliphatic hydroxyl groups is 1. The Morgan fingerprint density at radius 3 is 2.58 bits per heavy atom. The Morgan fingerprint density at radius 1 is 1.26 bits per heavy atom. The summed E-state index contributed by atoms with van der Waals surface area (Å²) in [5.74, 6) is 0.688. The molecule has 0 amide bonds. The van der Waals surface area contributed by atoms with Crippen LogP contribution in [0.3, 0.4) is 0 Å². The van der Waals surface area contributed by atoms with Gasteiger partial charge in [-0.05, 0) is 37.5 Å². The minimum Gasteiger partial charge on any atom is -0.391 e. The molecule has 1 heterocycles. The lowest BCUT2D eigenvalue weighted by atomic mass is 10.0. The van der Waals surface area contributed by atoms with E-state index < -0.39 is 16.3 Å². The van der Waals surface area contributed by atoms with Gasteiger partial charge < -0.3 is 5.11 Å². The van der Waals surface area contributed by atoms with Gasteiger partial charge in [0.2, 0.25) is 0 Å². The molecule has 2 rings (SSSR count). The summed E-state index contributed by atoms with van der Waals surface area (Å²) in [6.45, 7) is 3.42. The van der Waals surface area contributed by atoms with Gasteiger partial charge in [-0.25, -0.2) is 0 Å². The van der Waals surface area contributed by atoms with E-state index in [1.807, 2.05) is 0 Å². The third-order valence-electron chi connectivity index (χ3n) is 4.38. The van der Waals surface area contributed by atoms with Crippen LogP contribution in [0.15, 0.2) is 0 Å². The Kier molecular flexibility index (Phi) is 5.22. The molecule has 19 heavy (non-hydrogen) atoms. The molecule has 2 atom stereocenters. The van der Waals surface area contributed by atoms with Crippen molar-refractivity contribution in [2.45, 2.75) is 51.6 Å². The highest BCUT2D eigenvalue weighted by atomic mass is 32.2. The molecule has 0 aromatic carbocycles. The van der Waals surface area contributed by atoms with Gasteiger partial charge in [0.05, 0.1) is 6.10 Å². The smallest absolute Gasteiger partial charge is 0.279 e. The Hall–Kier alpha value is -0.170. The highest BCUT2D eigenvalue weighted by Gasteiger charge is 2.29. The molecule has 1 saturated carbocycles. The second-order valence-electron chi connectivity index (χ2n) is 6.07. The van der Waals surface area contributed by atoms with Crippen LogP contribution in [0.25, 0.3) is 0 Å². The molecule has 6 heteroatoms. The van der Waals surface area contributed by atoms with E-state index in [4.69, 9.17) is 0 Å². The van der Waals surface area contributed by atoms with E-state index in [2.05, 4.69) is 11.6 Å². The van der Waals surface area contributed by atoms with E-state index in [-0.39, 0.29) is 12.5 Å². The van der Waals surface area contributed by atoms with Crippen LogP contribution < -0.4 is 4.72 Å². The first-order valence-corrected chi connectivity index (χ1v) is 8.86. The number of aliphatic hydroxyl groups excluding tert-OH is 1. The summed E-state index contributed by atoms with van der Waals surface area (Å²) in [6.07, 6.45) is 5.81. The molecule has 2 unspecified atom stereocenters. The van der Waals surface area contributed by atoms with Crippen molar-refractivity contribution in [3.63, 3.8) is 0 Å². The molecule has 1 aliphatic heterocycles. The number of hydrogen-bond acceptors (Lipinski definition) is 3. The van der Waals surface area contributed by atoms with Crippen LogP contribution in [0.4, 0.5) is 0 Å². The van der Waals surface area contributed by atoms with Crippen LogP contribution >= 0.6 is 0 Å². The fraction of sp³-hybridized carbons (Fsp3) is 1.00. The summed E-state index contributed by atoms with van der Waals surface area (Å²) in [5.41, 5.74) is 0. The zero-order valence-corrected chi connectivity index (χ0v) is 12.5. The fourth-order valence-corrected chi connectivity index (χ4v) is 4.54. The molecule has 1 aliphatic carbocycles. The van der Waals surface area contributed by atoms with Gasteiger partial charge in [0.25, 0.3) is 10.2 Å². The SMILES string of the molecule is CC1CCCN(S(=O)(=O)NCC(O)C2CCCC2)C1. The molecule has 112 valence electrons. The van der Waals surface area contributed by atoms with Crippen molar-refractivity contribution < 1.29 is 13.5 Å². The van der Waals surface area contributed by atoms with Crippen molar-refractivity contribution in [2.75, 3.05) is 19.6 Å². The summed E-state index contributed by atoms with van der Waals surface area (Å²) < 4.78 is 28.4. The molecule has 1 saturated heterocycles. The van der Waals surface area contributed by atoms with E-state index >= 15 is 0 Å².